The zero-order valence-electron chi connectivity index (χ0n) is 13.3. The molecule has 7 nitrogen and oxygen atoms in total. The molecular weight excluding hydrogens is 308 g/mol. The average Bonchev–Trinajstić information content (AvgIpc) is 3.15. The van der Waals surface area contributed by atoms with Crippen LogP contribution in [0.15, 0.2) is 57.0 Å². The van der Waals surface area contributed by atoms with E-state index in [-0.39, 0.29) is 11.3 Å². The molecule has 0 fully saturated rings. The number of hydrogen-bond acceptors (Lipinski definition) is 5. The highest BCUT2D eigenvalue weighted by atomic mass is 16.3. The molecule has 1 N–H and O–H groups in total. The van der Waals surface area contributed by atoms with Crippen LogP contribution < -0.4 is 11.0 Å². The van der Waals surface area contributed by atoms with Gasteiger partial charge in [-0.2, -0.15) is 10.2 Å². The average molecular weight is 324 g/mol. The van der Waals surface area contributed by atoms with E-state index in [1.807, 2.05) is 0 Å². The molecule has 24 heavy (non-hydrogen) atoms. The number of amides is 1. The highest BCUT2D eigenvalue weighted by Crippen LogP contribution is 2.13. The molecule has 0 aliphatic rings. The first-order valence-electron chi connectivity index (χ1n) is 7.50. The van der Waals surface area contributed by atoms with Crippen LogP contribution in [-0.2, 0) is 6.54 Å². The second kappa shape index (κ2) is 6.49. The van der Waals surface area contributed by atoms with Crippen LogP contribution in [0.25, 0.3) is 10.8 Å². The number of nitrogens with one attached hydrogen (secondary N) is 1. The molecule has 0 radical (unpaired) electrons. The first-order chi connectivity index (χ1) is 11.6. The molecule has 0 atom stereocenters. The molecule has 0 saturated carbocycles. The van der Waals surface area contributed by atoms with Crippen molar-refractivity contribution in [3.63, 3.8) is 0 Å². The molecule has 0 saturated heterocycles. The fourth-order valence-electron chi connectivity index (χ4n) is 2.34. The lowest BCUT2D eigenvalue weighted by Gasteiger charge is -2.08. The SMILES string of the molecule is CCn1nc(C(=O)N/N=C(/C)c2ccco2)c2ccccc2c1=O. The third-order valence-electron chi connectivity index (χ3n) is 3.59. The number of fused-ring (bicyclic) bond motifs is 1. The molecule has 0 aliphatic carbocycles. The van der Waals surface area contributed by atoms with Crippen molar-refractivity contribution in [2.24, 2.45) is 5.10 Å². The Morgan fingerprint density at radius 2 is 2.00 bits per heavy atom. The van der Waals surface area contributed by atoms with Gasteiger partial charge in [0.2, 0.25) is 0 Å². The van der Waals surface area contributed by atoms with Gasteiger partial charge in [-0.05, 0) is 32.0 Å². The van der Waals surface area contributed by atoms with Gasteiger partial charge < -0.3 is 4.42 Å². The fourth-order valence-corrected chi connectivity index (χ4v) is 2.34. The number of aryl methyl sites for hydroxylation is 1. The highest BCUT2D eigenvalue weighted by Gasteiger charge is 2.16. The Hall–Kier alpha value is -3.22. The maximum atomic E-state index is 12.5. The van der Waals surface area contributed by atoms with E-state index in [0.717, 1.165) is 0 Å². The molecule has 1 aromatic carbocycles. The Kier molecular flexibility index (Phi) is 4.24. The van der Waals surface area contributed by atoms with Gasteiger partial charge in [0.1, 0.15) is 11.5 Å². The smallest absolute Gasteiger partial charge is 0.292 e. The Morgan fingerprint density at radius 3 is 2.67 bits per heavy atom. The summed E-state index contributed by atoms with van der Waals surface area (Å²) in [6, 6.07) is 10.4. The molecule has 2 aromatic heterocycles. The highest BCUT2D eigenvalue weighted by molar-refractivity contribution is 6.05. The molecule has 0 spiro atoms. The lowest BCUT2D eigenvalue weighted by atomic mass is 10.1. The Labute approximate surface area is 137 Å². The first-order valence-corrected chi connectivity index (χ1v) is 7.50. The number of hydrazone groups is 1. The number of nitrogens with zero attached hydrogens (tertiary/aromatic N) is 3. The number of furan rings is 1. The van der Waals surface area contributed by atoms with Crippen LogP contribution in [0.1, 0.15) is 30.1 Å². The summed E-state index contributed by atoms with van der Waals surface area (Å²) < 4.78 is 6.48. The second-order valence-electron chi connectivity index (χ2n) is 5.13. The number of aromatic nitrogens is 2. The summed E-state index contributed by atoms with van der Waals surface area (Å²) in [4.78, 5) is 24.8. The van der Waals surface area contributed by atoms with Gasteiger partial charge >= 0.3 is 0 Å². The summed E-state index contributed by atoms with van der Waals surface area (Å²) >= 11 is 0. The molecule has 3 aromatic rings. The van der Waals surface area contributed by atoms with Crippen molar-refractivity contribution in [1.29, 1.82) is 0 Å². The molecule has 0 bridgehead atoms. The van der Waals surface area contributed by atoms with Crippen LogP contribution in [0.2, 0.25) is 0 Å². The Balaban J connectivity index is 2.00. The third-order valence-corrected chi connectivity index (χ3v) is 3.59. The standard InChI is InChI=1S/C17H16N4O3/c1-3-21-17(23)13-8-5-4-7-12(13)15(20-21)16(22)19-18-11(2)14-9-6-10-24-14/h4-10H,3H2,1-2H3,(H,19,22)/b18-11-. The van der Waals surface area contributed by atoms with Crippen molar-refractivity contribution in [2.75, 3.05) is 0 Å². The van der Waals surface area contributed by atoms with E-state index in [4.69, 9.17) is 4.42 Å². The van der Waals surface area contributed by atoms with Crippen molar-refractivity contribution in [3.8, 4) is 0 Å². The summed E-state index contributed by atoms with van der Waals surface area (Å²) in [5.41, 5.74) is 2.92. The minimum Gasteiger partial charge on any atom is -0.463 e. The van der Waals surface area contributed by atoms with E-state index in [9.17, 15) is 9.59 Å². The van der Waals surface area contributed by atoms with Gasteiger partial charge in [0.25, 0.3) is 11.5 Å². The van der Waals surface area contributed by atoms with Crippen LogP contribution >= 0.6 is 0 Å². The predicted molar refractivity (Wildman–Crippen MR) is 90.1 cm³/mol. The van der Waals surface area contributed by atoms with E-state index >= 15 is 0 Å². The lowest BCUT2D eigenvalue weighted by Crippen LogP contribution is -2.28. The van der Waals surface area contributed by atoms with Crippen LogP contribution in [-0.4, -0.2) is 21.4 Å². The zero-order chi connectivity index (χ0) is 17.1. The monoisotopic (exact) mass is 324 g/mol. The van der Waals surface area contributed by atoms with Crippen LogP contribution in [0, 0.1) is 0 Å². The van der Waals surface area contributed by atoms with Gasteiger partial charge in [-0.25, -0.2) is 10.1 Å². The Morgan fingerprint density at radius 1 is 1.25 bits per heavy atom. The number of carbonyl (C=O) groups excluding carboxylic acids is 1. The van der Waals surface area contributed by atoms with Crippen LogP contribution in [0.4, 0.5) is 0 Å². The number of benzene rings is 1. The third kappa shape index (κ3) is 2.83. The molecule has 122 valence electrons. The van der Waals surface area contributed by atoms with Crippen molar-refractivity contribution in [2.45, 2.75) is 20.4 Å². The van der Waals surface area contributed by atoms with Crippen LogP contribution in [0.3, 0.4) is 0 Å². The summed E-state index contributed by atoms with van der Waals surface area (Å²) in [6.07, 6.45) is 1.53. The van der Waals surface area contributed by atoms with E-state index in [2.05, 4.69) is 15.6 Å². The van der Waals surface area contributed by atoms with Gasteiger partial charge in [0, 0.05) is 11.9 Å². The molecule has 1 amide bonds. The zero-order valence-corrected chi connectivity index (χ0v) is 13.3. The van der Waals surface area contributed by atoms with Gasteiger partial charge in [-0.1, -0.05) is 18.2 Å². The van der Waals surface area contributed by atoms with Crippen LogP contribution in [0.5, 0.6) is 0 Å². The molecular formula is C17H16N4O3. The molecule has 0 unspecified atom stereocenters. The topological polar surface area (TPSA) is 89.5 Å². The maximum Gasteiger partial charge on any atom is 0.292 e. The van der Waals surface area contributed by atoms with Gasteiger partial charge in [0.05, 0.1) is 11.6 Å². The van der Waals surface area contributed by atoms with Gasteiger partial charge in [-0.15, -0.1) is 0 Å². The number of hydrogen-bond donors (Lipinski definition) is 1. The predicted octanol–water partition coefficient (Wildman–Crippen LogP) is 2.16. The van der Waals surface area contributed by atoms with Crippen molar-refractivity contribution in [3.05, 3.63) is 64.5 Å². The van der Waals surface area contributed by atoms with E-state index in [1.165, 1.54) is 10.9 Å². The second-order valence-corrected chi connectivity index (χ2v) is 5.13. The maximum absolute atomic E-state index is 12.5. The number of carbonyl (C=O) groups is 1. The number of rotatable bonds is 4. The van der Waals surface area contributed by atoms with Crippen molar-refractivity contribution in [1.82, 2.24) is 15.2 Å². The normalized spacial score (nSPS) is 11.7. The minimum absolute atomic E-state index is 0.156. The van der Waals surface area contributed by atoms with E-state index in [0.29, 0.717) is 28.8 Å². The quantitative estimate of drug-likeness (QED) is 0.588. The van der Waals surface area contributed by atoms with Gasteiger partial charge in [-0.3, -0.25) is 9.59 Å². The lowest BCUT2D eigenvalue weighted by molar-refractivity contribution is 0.0949. The summed E-state index contributed by atoms with van der Waals surface area (Å²) in [5.74, 6) is 0.0750. The molecule has 2 heterocycles. The van der Waals surface area contributed by atoms with E-state index < -0.39 is 5.91 Å². The summed E-state index contributed by atoms with van der Waals surface area (Å²) in [5, 5.41) is 9.13. The largest absolute Gasteiger partial charge is 0.463 e. The molecule has 3 rings (SSSR count). The van der Waals surface area contributed by atoms with Crippen molar-refractivity contribution >= 4 is 22.4 Å². The summed E-state index contributed by atoms with van der Waals surface area (Å²) in [7, 11) is 0. The molecule has 0 aliphatic heterocycles. The minimum atomic E-state index is -0.487. The van der Waals surface area contributed by atoms with Gasteiger partial charge in [0.15, 0.2) is 5.69 Å². The fraction of sp³-hybridized carbons (Fsp3) is 0.176. The summed E-state index contributed by atoms with van der Waals surface area (Å²) in [6.45, 7) is 3.89. The molecule has 7 heteroatoms. The van der Waals surface area contributed by atoms with Crippen molar-refractivity contribution < 1.29 is 9.21 Å². The first kappa shape index (κ1) is 15.7. The Bertz CT molecular complexity index is 971. The van der Waals surface area contributed by atoms with E-state index in [1.54, 1.807) is 50.2 Å².